The Labute approximate surface area is 123 Å². The van der Waals surface area contributed by atoms with Crippen molar-refractivity contribution in [1.82, 2.24) is 0 Å². The molecule has 106 valence electrons. The van der Waals surface area contributed by atoms with Crippen LogP contribution in [0.15, 0.2) is 42.5 Å². The van der Waals surface area contributed by atoms with Crippen molar-refractivity contribution in [3.8, 4) is 5.75 Å². The molecule has 0 aliphatic carbocycles. The van der Waals surface area contributed by atoms with Crippen LogP contribution in [0.5, 0.6) is 5.75 Å². The fourth-order valence-corrected chi connectivity index (χ4v) is 2.12. The molecule has 2 aromatic carbocycles. The van der Waals surface area contributed by atoms with E-state index in [9.17, 15) is 4.39 Å². The Balaban J connectivity index is 2.10. The lowest BCUT2D eigenvalue weighted by Gasteiger charge is -2.15. The number of hydrogen-bond acceptors (Lipinski definition) is 2. The van der Waals surface area contributed by atoms with E-state index in [1.807, 2.05) is 38.1 Å². The molecule has 0 aromatic heterocycles. The summed E-state index contributed by atoms with van der Waals surface area (Å²) in [6, 6.07) is 12.2. The minimum absolute atomic E-state index is 0.0987. The van der Waals surface area contributed by atoms with Crippen LogP contribution in [0.1, 0.15) is 19.4 Å². The van der Waals surface area contributed by atoms with Crippen molar-refractivity contribution in [3.05, 3.63) is 58.9 Å². The molecule has 0 amide bonds. The molecular weight excluding hydrogens is 277 g/mol. The minimum atomic E-state index is -0.332. The highest BCUT2D eigenvalue weighted by molar-refractivity contribution is 6.30. The number of halogens is 2. The second-order valence-corrected chi connectivity index (χ2v) is 5.23. The summed E-state index contributed by atoms with van der Waals surface area (Å²) < 4.78 is 19.0. The summed E-state index contributed by atoms with van der Waals surface area (Å²) in [4.78, 5) is 0. The van der Waals surface area contributed by atoms with Gasteiger partial charge in [-0.25, -0.2) is 4.39 Å². The predicted octanol–water partition coefficient (Wildman–Crippen LogP) is 4.88. The van der Waals surface area contributed by atoms with Crippen molar-refractivity contribution in [2.24, 2.45) is 0 Å². The topological polar surface area (TPSA) is 21.3 Å². The maximum absolute atomic E-state index is 13.3. The van der Waals surface area contributed by atoms with E-state index in [1.165, 1.54) is 12.1 Å². The van der Waals surface area contributed by atoms with Crippen LogP contribution in [-0.4, -0.2) is 6.10 Å². The average molecular weight is 294 g/mol. The van der Waals surface area contributed by atoms with Gasteiger partial charge in [0.2, 0.25) is 0 Å². The number of ether oxygens (including phenoxy) is 1. The average Bonchev–Trinajstić information content (AvgIpc) is 2.36. The summed E-state index contributed by atoms with van der Waals surface area (Å²) in [6.07, 6.45) is 0.0987. The van der Waals surface area contributed by atoms with E-state index in [1.54, 1.807) is 6.07 Å². The minimum Gasteiger partial charge on any atom is -0.489 e. The molecule has 0 aliphatic rings. The van der Waals surface area contributed by atoms with Crippen LogP contribution in [0.25, 0.3) is 0 Å². The normalized spacial score (nSPS) is 10.7. The van der Waals surface area contributed by atoms with Gasteiger partial charge < -0.3 is 10.1 Å². The largest absolute Gasteiger partial charge is 0.489 e. The fourth-order valence-electron chi connectivity index (χ4n) is 1.88. The third kappa shape index (κ3) is 4.14. The number of para-hydroxylation sites is 2. The molecule has 1 N–H and O–H groups in total. The molecule has 0 fully saturated rings. The highest BCUT2D eigenvalue weighted by Crippen LogP contribution is 2.25. The number of rotatable bonds is 5. The predicted molar refractivity (Wildman–Crippen MR) is 80.9 cm³/mol. The van der Waals surface area contributed by atoms with Crippen LogP contribution in [0.3, 0.4) is 0 Å². The smallest absolute Gasteiger partial charge is 0.142 e. The third-order valence-electron chi connectivity index (χ3n) is 2.66. The molecule has 20 heavy (non-hydrogen) atoms. The van der Waals surface area contributed by atoms with E-state index in [4.69, 9.17) is 16.3 Å². The van der Waals surface area contributed by atoms with Crippen LogP contribution < -0.4 is 10.1 Å². The molecular formula is C16H17ClFNO. The summed E-state index contributed by atoms with van der Waals surface area (Å²) in [5.41, 5.74) is 1.66. The van der Waals surface area contributed by atoms with E-state index in [-0.39, 0.29) is 11.9 Å². The van der Waals surface area contributed by atoms with E-state index in [0.29, 0.717) is 11.6 Å². The summed E-state index contributed by atoms with van der Waals surface area (Å²) in [7, 11) is 0. The first-order valence-electron chi connectivity index (χ1n) is 6.49. The van der Waals surface area contributed by atoms with E-state index < -0.39 is 0 Å². The second kappa shape index (κ2) is 6.62. The molecule has 0 saturated carbocycles. The zero-order valence-corrected chi connectivity index (χ0v) is 12.2. The first-order valence-corrected chi connectivity index (χ1v) is 6.87. The first-order chi connectivity index (χ1) is 9.54. The van der Waals surface area contributed by atoms with Gasteiger partial charge in [0.25, 0.3) is 0 Å². The monoisotopic (exact) mass is 293 g/mol. The van der Waals surface area contributed by atoms with Gasteiger partial charge in [0.05, 0.1) is 11.8 Å². The number of hydrogen-bond donors (Lipinski definition) is 1. The summed E-state index contributed by atoms with van der Waals surface area (Å²) in [5.74, 6) is 0.450. The molecule has 0 saturated heterocycles. The van der Waals surface area contributed by atoms with Crippen molar-refractivity contribution in [3.63, 3.8) is 0 Å². The van der Waals surface area contributed by atoms with Crippen LogP contribution in [0, 0.1) is 5.82 Å². The number of nitrogens with one attached hydrogen (secondary N) is 1. The van der Waals surface area contributed by atoms with E-state index in [2.05, 4.69) is 5.32 Å². The molecule has 4 heteroatoms. The highest BCUT2D eigenvalue weighted by atomic mass is 35.5. The highest BCUT2D eigenvalue weighted by Gasteiger charge is 2.05. The van der Waals surface area contributed by atoms with Crippen molar-refractivity contribution >= 4 is 17.3 Å². The number of anilines is 1. The van der Waals surface area contributed by atoms with Crippen LogP contribution >= 0.6 is 11.6 Å². The van der Waals surface area contributed by atoms with Gasteiger partial charge in [0, 0.05) is 11.6 Å². The van der Waals surface area contributed by atoms with Gasteiger partial charge in [0.1, 0.15) is 11.6 Å². The van der Waals surface area contributed by atoms with Crippen LogP contribution in [0.2, 0.25) is 5.02 Å². The lowest BCUT2D eigenvalue weighted by molar-refractivity contribution is 0.243. The van der Waals surface area contributed by atoms with Crippen molar-refractivity contribution < 1.29 is 9.13 Å². The lowest BCUT2D eigenvalue weighted by atomic mass is 10.2. The van der Waals surface area contributed by atoms with Gasteiger partial charge in [-0.1, -0.05) is 23.7 Å². The van der Waals surface area contributed by atoms with Gasteiger partial charge in [-0.3, -0.25) is 0 Å². The van der Waals surface area contributed by atoms with Crippen molar-refractivity contribution in [2.75, 3.05) is 5.32 Å². The second-order valence-electron chi connectivity index (χ2n) is 4.79. The summed E-state index contributed by atoms with van der Waals surface area (Å²) in [5, 5.41) is 3.64. The zero-order chi connectivity index (χ0) is 14.5. The number of benzene rings is 2. The molecule has 0 atom stereocenters. The lowest BCUT2D eigenvalue weighted by Crippen LogP contribution is -2.08. The maximum atomic E-state index is 13.3. The molecule has 0 unspecified atom stereocenters. The zero-order valence-electron chi connectivity index (χ0n) is 11.5. The van der Waals surface area contributed by atoms with Crippen LogP contribution in [0.4, 0.5) is 10.1 Å². The first kappa shape index (κ1) is 14.7. The van der Waals surface area contributed by atoms with Crippen molar-refractivity contribution in [2.45, 2.75) is 26.5 Å². The van der Waals surface area contributed by atoms with Gasteiger partial charge in [0.15, 0.2) is 0 Å². The van der Waals surface area contributed by atoms with Gasteiger partial charge in [-0.15, -0.1) is 0 Å². The summed E-state index contributed by atoms with van der Waals surface area (Å²) in [6.45, 7) is 4.43. The Hall–Kier alpha value is -1.74. The molecule has 2 rings (SSSR count). The molecule has 0 aliphatic heterocycles. The van der Waals surface area contributed by atoms with Gasteiger partial charge >= 0.3 is 0 Å². The van der Waals surface area contributed by atoms with E-state index in [0.717, 1.165) is 17.0 Å². The Morgan fingerprint density at radius 3 is 2.65 bits per heavy atom. The van der Waals surface area contributed by atoms with Crippen molar-refractivity contribution in [1.29, 1.82) is 0 Å². The Kier molecular flexibility index (Phi) is 4.85. The molecule has 0 radical (unpaired) electrons. The van der Waals surface area contributed by atoms with Crippen LogP contribution in [-0.2, 0) is 6.54 Å². The van der Waals surface area contributed by atoms with E-state index >= 15 is 0 Å². The molecule has 2 aromatic rings. The quantitative estimate of drug-likeness (QED) is 0.848. The summed E-state index contributed by atoms with van der Waals surface area (Å²) >= 11 is 5.84. The van der Waals surface area contributed by atoms with Gasteiger partial charge in [-0.05, 0) is 49.7 Å². The fraction of sp³-hybridized carbons (Fsp3) is 0.250. The molecule has 0 bridgehead atoms. The Morgan fingerprint density at radius 1 is 1.20 bits per heavy atom. The third-order valence-corrected chi connectivity index (χ3v) is 2.87. The Morgan fingerprint density at radius 2 is 1.95 bits per heavy atom. The SMILES string of the molecule is CC(C)Oc1ccccc1NCc1cc(F)cc(Cl)c1. The standard InChI is InChI=1S/C16H17ClFNO/c1-11(2)20-16-6-4-3-5-15(16)19-10-12-7-13(17)9-14(18)8-12/h3-9,11,19H,10H2,1-2H3. The molecule has 2 nitrogen and oxygen atoms in total. The molecule has 0 heterocycles. The van der Waals surface area contributed by atoms with Gasteiger partial charge in [-0.2, -0.15) is 0 Å². The Bertz CT molecular complexity index is 566. The maximum Gasteiger partial charge on any atom is 0.142 e. The molecule has 0 spiro atoms.